The van der Waals surface area contributed by atoms with Crippen LogP contribution in [0.1, 0.15) is 38.8 Å². The minimum atomic E-state index is -0.0864. The van der Waals surface area contributed by atoms with E-state index in [0.29, 0.717) is 23.4 Å². The van der Waals surface area contributed by atoms with Crippen LogP contribution in [0.5, 0.6) is 0 Å². The molecule has 2 rings (SSSR count). The Morgan fingerprint density at radius 1 is 1.12 bits per heavy atom. The molecule has 1 amide bonds. The summed E-state index contributed by atoms with van der Waals surface area (Å²) >= 11 is 1.47. The van der Waals surface area contributed by atoms with E-state index in [1.165, 1.54) is 11.8 Å². The number of carbonyl (C=O) groups is 1. The summed E-state index contributed by atoms with van der Waals surface area (Å²) in [6.07, 6.45) is 0. The van der Waals surface area contributed by atoms with Gasteiger partial charge < -0.3 is 16.4 Å². The Hall–Kier alpha value is -2.35. The highest BCUT2D eigenvalue weighted by Gasteiger charge is 2.16. The smallest absolute Gasteiger partial charge is 0.232 e. The summed E-state index contributed by atoms with van der Waals surface area (Å²) in [7, 11) is 0. The summed E-state index contributed by atoms with van der Waals surface area (Å²) in [5.74, 6) is 1.84. The molecule has 0 aliphatic heterocycles. The lowest BCUT2D eigenvalue weighted by Gasteiger charge is -2.18. The van der Waals surface area contributed by atoms with Crippen LogP contribution in [0.4, 0.5) is 17.6 Å². The molecule has 7 nitrogen and oxygen atoms in total. The zero-order valence-electron chi connectivity index (χ0n) is 15.6. The van der Waals surface area contributed by atoms with Crippen molar-refractivity contribution >= 4 is 35.3 Å². The van der Waals surface area contributed by atoms with Gasteiger partial charge in [0.05, 0.1) is 11.0 Å². The average Bonchev–Trinajstić information content (AvgIpc) is 2.59. The van der Waals surface area contributed by atoms with Crippen LogP contribution < -0.4 is 16.4 Å². The molecular formula is C18H26N6OS. The molecule has 0 bridgehead atoms. The highest BCUT2D eigenvalue weighted by atomic mass is 32.2. The molecule has 2 atom stereocenters. The van der Waals surface area contributed by atoms with Crippen molar-refractivity contribution in [1.82, 2.24) is 20.3 Å². The molecular weight excluding hydrogens is 348 g/mol. The summed E-state index contributed by atoms with van der Waals surface area (Å²) in [5, 5.41) is 6.02. The number of thioether (sulfide) groups is 1. The third-order valence-corrected chi connectivity index (χ3v) is 5.06. The Morgan fingerprint density at radius 2 is 1.81 bits per heavy atom. The number of nitrogens with two attached hydrogens (primary N) is 1. The molecule has 0 saturated carbocycles. The van der Waals surface area contributed by atoms with Crippen LogP contribution in [0.3, 0.4) is 0 Å². The normalized spacial score (nSPS) is 13.3. The molecule has 8 heteroatoms. The van der Waals surface area contributed by atoms with Crippen molar-refractivity contribution in [1.29, 1.82) is 0 Å². The highest BCUT2D eigenvalue weighted by molar-refractivity contribution is 8.00. The summed E-state index contributed by atoms with van der Waals surface area (Å²) < 4.78 is 0. The van der Waals surface area contributed by atoms with Gasteiger partial charge in [-0.2, -0.15) is 15.0 Å². The van der Waals surface area contributed by atoms with Gasteiger partial charge in [0, 0.05) is 11.7 Å². The first kappa shape index (κ1) is 20.0. The van der Waals surface area contributed by atoms with Crippen LogP contribution in [0.15, 0.2) is 30.3 Å². The minimum Gasteiger partial charge on any atom is -0.368 e. The third kappa shape index (κ3) is 6.18. The van der Waals surface area contributed by atoms with Crippen LogP contribution in [-0.4, -0.2) is 32.7 Å². The number of nitrogen functional groups attached to an aromatic ring is 1. The van der Waals surface area contributed by atoms with Crippen LogP contribution in [-0.2, 0) is 4.79 Å². The van der Waals surface area contributed by atoms with Crippen molar-refractivity contribution in [3.63, 3.8) is 0 Å². The van der Waals surface area contributed by atoms with E-state index >= 15 is 0 Å². The average molecular weight is 375 g/mol. The van der Waals surface area contributed by atoms with Crippen LogP contribution in [0, 0.1) is 5.92 Å². The van der Waals surface area contributed by atoms with Crippen LogP contribution >= 0.6 is 11.8 Å². The molecule has 0 aliphatic carbocycles. The number of nitrogens with zero attached hydrogens (tertiary/aromatic N) is 3. The lowest BCUT2D eigenvalue weighted by atomic mass is 10.1. The van der Waals surface area contributed by atoms with Crippen LogP contribution in [0.25, 0.3) is 0 Å². The SMILES string of the molecule is CC(SCC(=O)NC(C)C(C)C)c1nc(N)nc(Nc2ccccc2)n1. The van der Waals surface area contributed by atoms with E-state index in [0.717, 1.165) is 5.69 Å². The fourth-order valence-electron chi connectivity index (χ4n) is 2.04. The summed E-state index contributed by atoms with van der Waals surface area (Å²) in [6.45, 7) is 8.11. The second-order valence-electron chi connectivity index (χ2n) is 6.42. The zero-order valence-corrected chi connectivity index (χ0v) is 16.4. The van der Waals surface area contributed by atoms with E-state index in [2.05, 4.69) is 39.4 Å². The van der Waals surface area contributed by atoms with Crippen molar-refractivity contribution < 1.29 is 4.79 Å². The van der Waals surface area contributed by atoms with Gasteiger partial charge in [-0.05, 0) is 31.9 Å². The number of hydrogen-bond acceptors (Lipinski definition) is 7. The molecule has 0 radical (unpaired) electrons. The zero-order chi connectivity index (χ0) is 19.1. The van der Waals surface area contributed by atoms with Gasteiger partial charge in [-0.3, -0.25) is 4.79 Å². The Morgan fingerprint density at radius 3 is 2.46 bits per heavy atom. The van der Waals surface area contributed by atoms with E-state index in [9.17, 15) is 4.79 Å². The molecule has 26 heavy (non-hydrogen) atoms. The minimum absolute atomic E-state index is 0.00714. The number of carbonyl (C=O) groups excluding carboxylic acids is 1. The first-order valence-corrected chi connectivity index (χ1v) is 9.64. The Kier molecular flexibility index (Phi) is 7.20. The Balaban J connectivity index is 1.98. The lowest BCUT2D eigenvalue weighted by molar-refractivity contribution is -0.119. The van der Waals surface area contributed by atoms with Gasteiger partial charge in [0.15, 0.2) is 0 Å². The molecule has 0 aliphatic rings. The molecule has 1 aromatic heterocycles. The quantitative estimate of drug-likeness (QED) is 0.651. The molecule has 0 fully saturated rings. The first-order chi connectivity index (χ1) is 12.3. The molecule has 1 aromatic carbocycles. The van der Waals surface area contributed by atoms with E-state index in [1.54, 1.807) is 0 Å². The number of hydrogen-bond donors (Lipinski definition) is 3. The van der Waals surface area contributed by atoms with Gasteiger partial charge >= 0.3 is 0 Å². The molecule has 140 valence electrons. The number of benzene rings is 1. The lowest BCUT2D eigenvalue weighted by Crippen LogP contribution is -2.37. The maximum absolute atomic E-state index is 12.0. The van der Waals surface area contributed by atoms with Gasteiger partial charge in [0.2, 0.25) is 17.8 Å². The number of para-hydroxylation sites is 1. The molecule has 2 aromatic rings. The summed E-state index contributed by atoms with van der Waals surface area (Å²) in [4.78, 5) is 24.8. The van der Waals surface area contributed by atoms with Gasteiger partial charge in [0.1, 0.15) is 5.82 Å². The number of anilines is 3. The van der Waals surface area contributed by atoms with E-state index in [1.807, 2.05) is 44.2 Å². The highest BCUT2D eigenvalue weighted by Crippen LogP contribution is 2.26. The number of nitrogens with one attached hydrogen (secondary N) is 2. The molecule has 0 saturated heterocycles. The first-order valence-electron chi connectivity index (χ1n) is 8.59. The fraction of sp³-hybridized carbons (Fsp3) is 0.444. The molecule has 0 spiro atoms. The summed E-state index contributed by atoms with van der Waals surface area (Å²) in [5.41, 5.74) is 6.68. The van der Waals surface area contributed by atoms with E-state index in [-0.39, 0.29) is 23.1 Å². The fourth-order valence-corrected chi connectivity index (χ4v) is 2.77. The Bertz CT molecular complexity index is 725. The van der Waals surface area contributed by atoms with Crippen molar-refractivity contribution in [2.75, 3.05) is 16.8 Å². The third-order valence-electron chi connectivity index (χ3n) is 3.92. The van der Waals surface area contributed by atoms with Gasteiger partial charge in [0.25, 0.3) is 0 Å². The van der Waals surface area contributed by atoms with Gasteiger partial charge in [-0.15, -0.1) is 11.8 Å². The molecule has 2 unspecified atom stereocenters. The topological polar surface area (TPSA) is 106 Å². The van der Waals surface area contributed by atoms with Crippen molar-refractivity contribution in [2.45, 2.75) is 39.0 Å². The van der Waals surface area contributed by atoms with Gasteiger partial charge in [-0.1, -0.05) is 32.0 Å². The van der Waals surface area contributed by atoms with Crippen molar-refractivity contribution in [3.8, 4) is 0 Å². The molecule has 4 N–H and O–H groups in total. The standard InChI is InChI=1S/C18H26N6OS/c1-11(2)12(3)20-15(25)10-26-13(4)16-22-17(19)24-18(23-16)21-14-8-6-5-7-9-14/h5-9,11-13H,10H2,1-4H3,(H,20,25)(H3,19,21,22,23,24). The second-order valence-corrected chi connectivity index (χ2v) is 7.75. The number of aromatic nitrogens is 3. The van der Waals surface area contributed by atoms with E-state index in [4.69, 9.17) is 5.73 Å². The van der Waals surface area contributed by atoms with Crippen molar-refractivity contribution in [2.24, 2.45) is 5.92 Å². The summed E-state index contributed by atoms with van der Waals surface area (Å²) in [6, 6.07) is 9.75. The van der Waals surface area contributed by atoms with Crippen molar-refractivity contribution in [3.05, 3.63) is 36.2 Å². The van der Waals surface area contributed by atoms with Gasteiger partial charge in [-0.25, -0.2) is 0 Å². The van der Waals surface area contributed by atoms with Crippen LogP contribution in [0.2, 0.25) is 0 Å². The predicted molar refractivity (Wildman–Crippen MR) is 107 cm³/mol. The maximum atomic E-state index is 12.0. The monoisotopic (exact) mass is 374 g/mol. The Labute approximate surface area is 158 Å². The number of rotatable bonds is 8. The largest absolute Gasteiger partial charge is 0.368 e. The maximum Gasteiger partial charge on any atom is 0.232 e. The molecule has 1 heterocycles. The second kappa shape index (κ2) is 9.38. The predicted octanol–water partition coefficient (Wildman–Crippen LogP) is 3.15. The number of amides is 1. The van der Waals surface area contributed by atoms with E-state index < -0.39 is 0 Å².